The van der Waals surface area contributed by atoms with Gasteiger partial charge in [-0.2, -0.15) is 0 Å². The lowest BCUT2D eigenvalue weighted by molar-refractivity contribution is 1.07. The molecule has 0 radical (unpaired) electrons. The Morgan fingerprint density at radius 3 is 2.50 bits per heavy atom. The van der Waals surface area contributed by atoms with Crippen LogP contribution in [0.5, 0.6) is 0 Å². The molecule has 0 aliphatic carbocycles. The van der Waals surface area contributed by atoms with E-state index in [2.05, 4.69) is 4.72 Å². The Hall–Kier alpha value is 0.950. The Morgan fingerprint density at radius 1 is 1.50 bits per heavy atom. The van der Waals surface area contributed by atoms with Crippen molar-refractivity contribution >= 4 is 34.2 Å². The quantitative estimate of drug-likeness (QED) is 0.406. The first-order valence-electron chi connectivity index (χ1n) is 1.51. The van der Waals surface area contributed by atoms with E-state index in [1.807, 2.05) is 10.8 Å². The number of rotatable bonds is 0. The fourth-order valence-electron chi connectivity index (χ4n) is 0.208. The highest BCUT2D eigenvalue weighted by atomic mass is 35.5. The van der Waals surface area contributed by atoms with Crippen molar-refractivity contribution in [1.82, 2.24) is 4.72 Å². The Kier molecular flexibility index (Phi) is 4.77. The molecule has 1 saturated heterocycles. The molecule has 1 aliphatic rings. The minimum atomic E-state index is 0. The van der Waals surface area contributed by atoms with E-state index in [9.17, 15) is 0 Å². The Bertz CT molecular complexity index is 23.1. The molecule has 0 aromatic carbocycles. The average molecular weight is 144 g/mol. The van der Waals surface area contributed by atoms with Crippen LogP contribution in [0.1, 0.15) is 0 Å². The van der Waals surface area contributed by atoms with E-state index in [-0.39, 0.29) is 12.4 Å². The zero-order valence-corrected chi connectivity index (χ0v) is 5.59. The van der Waals surface area contributed by atoms with Crippen LogP contribution < -0.4 is 4.72 Å². The molecule has 0 atom stereocenters. The van der Waals surface area contributed by atoms with E-state index in [0.717, 1.165) is 0 Å². The van der Waals surface area contributed by atoms with Gasteiger partial charge in [-0.15, -0.1) is 12.4 Å². The summed E-state index contributed by atoms with van der Waals surface area (Å²) < 4.78 is 3.10. The van der Waals surface area contributed by atoms with Crippen molar-refractivity contribution in [3.05, 3.63) is 0 Å². The molecular weight excluding hydrogens is 138 g/mol. The molecule has 1 N–H and O–H groups in total. The summed E-state index contributed by atoms with van der Waals surface area (Å²) in [6.45, 7) is 1.18. The molecule has 1 nitrogen and oxygen atoms in total. The van der Waals surface area contributed by atoms with Crippen LogP contribution in [0.25, 0.3) is 0 Å². The van der Waals surface area contributed by atoms with Gasteiger partial charge in [0.1, 0.15) is 0 Å². The normalized spacial score (nSPS) is 20.0. The second-order valence-electron chi connectivity index (χ2n) is 0.800. The molecule has 6 heavy (non-hydrogen) atoms. The maximum Gasteiger partial charge on any atom is 0.0184 e. The van der Waals surface area contributed by atoms with Crippen molar-refractivity contribution in [1.29, 1.82) is 0 Å². The third-order valence-corrected chi connectivity index (χ3v) is 2.42. The van der Waals surface area contributed by atoms with Gasteiger partial charge in [0.25, 0.3) is 0 Å². The first-order chi connectivity index (χ1) is 2.50. The highest BCUT2D eigenvalue weighted by Gasteiger charge is 1.95. The van der Waals surface area contributed by atoms with Crippen molar-refractivity contribution in [3.63, 3.8) is 0 Å². The van der Waals surface area contributed by atoms with Crippen molar-refractivity contribution in [2.75, 3.05) is 12.3 Å². The molecule has 0 saturated carbocycles. The molecule has 0 spiro atoms. The van der Waals surface area contributed by atoms with Crippen LogP contribution in [0.2, 0.25) is 0 Å². The minimum Gasteiger partial charge on any atom is -0.254 e. The SMILES string of the molecule is C1CSSN1.Cl. The summed E-state index contributed by atoms with van der Waals surface area (Å²) in [4.78, 5) is 0. The highest BCUT2D eigenvalue weighted by Crippen LogP contribution is 2.21. The van der Waals surface area contributed by atoms with Crippen LogP contribution in [0.3, 0.4) is 0 Å². The summed E-state index contributed by atoms with van der Waals surface area (Å²) in [7, 11) is 3.62. The first kappa shape index (κ1) is 6.95. The second kappa shape index (κ2) is 4.12. The molecule has 0 aromatic rings. The van der Waals surface area contributed by atoms with Crippen LogP contribution in [0, 0.1) is 0 Å². The van der Waals surface area contributed by atoms with E-state index in [0.29, 0.717) is 0 Å². The zero-order chi connectivity index (χ0) is 3.54. The molecule has 0 bridgehead atoms. The largest absolute Gasteiger partial charge is 0.254 e. The summed E-state index contributed by atoms with van der Waals surface area (Å²) >= 11 is 0. The summed E-state index contributed by atoms with van der Waals surface area (Å²) in [6, 6.07) is 0. The minimum absolute atomic E-state index is 0. The second-order valence-corrected chi connectivity index (χ2v) is 3.11. The summed E-state index contributed by atoms with van der Waals surface area (Å²) in [6.07, 6.45) is 0. The van der Waals surface area contributed by atoms with Crippen LogP contribution in [0.15, 0.2) is 0 Å². The lowest BCUT2D eigenvalue weighted by atomic mass is 10.8. The predicted octanol–water partition coefficient (Wildman–Crippen LogP) is 1.31. The van der Waals surface area contributed by atoms with E-state index >= 15 is 0 Å². The van der Waals surface area contributed by atoms with Gasteiger partial charge in [0.05, 0.1) is 0 Å². The monoisotopic (exact) mass is 143 g/mol. The summed E-state index contributed by atoms with van der Waals surface area (Å²) in [5.41, 5.74) is 0. The van der Waals surface area contributed by atoms with Gasteiger partial charge in [-0.1, -0.05) is 10.8 Å². The topological polar surface area (TPSA) is 12.0 Å². The Balaban J connectivity index is 0.000000250. The number of hydrogen-bond donors (Lipinski definition) is 1. The summed E-state index contributed by atoms with van der Waals surface area (Å²) in [5, 5.41) is 0. The Labute approximate surface area is 51.6 Å². The standard InChI is InChI=1S/C2H5NS2.ClH/c1-2-4-5-3-1;/h3H,1-2H2;1H. The first-order valence-corrected chi connectivity index (χ1v) is 3.83. The van der Waals surface area contributed by atoms with Crippen LogP contribution in [-0.4, -0.2) is 12.3 Å². The van der Waals surface area contributed by atoms with Gasteiger partial charge in [-0.25, -0.2) is 0 Å². The lowest BCUT2D eigenvalue weighted by Gasteiger charge is -1.73. The van der Waals surface area contributed by atoms with Crippen LogP contribution >= 0.6 is 34.2 Å². The van der Waals surface area contributed by atoms with Crippen molar-refractivity contribution in [3.8, 4) is 0 Å². The molecule has 1 fully saturated rings. The highest BCUT2D eigenvalue weighted by molar-refractivity contribution is 8.76. The maximum absolute atomic E-state index is 3.10. The molecule has 1 heterocycles. The molecular formula is C2H6ClNS2. The summed E-state index contributed by atoms with van der Waals surface area (Å²) in [5.74, 6) is 1.27. The average Bonchev–Trinajstić information content (AvgIpc) is 1.76. The fraction of sp³-hybridized carbons (Fsp3) is 1.00. The molecule has 0 amide bonds. The van der Waals surface area contributed by atoms with Crippen molar-refractivity contribution < 1.29 is 0 Å². The number of hydrogen-bond acceptors (Lipinski definition) is 3. The van der Waals surface area contributed by atoms with E-state index < -0.39 is 0 Å². The van der Waals surface area contributed by atoms with Gasteiger partial charge in [0.15, 0.2) is 0 Å². The maximum atomic E-state index is 3.10. The molecule has 38 valence electrons. The van der Waals surface area contributed by atoms with Crippen molar-refractivity contribution in [2.24, 2.45) is 0 Å². The predicted molar refractivity (Wildman–Crippen MR) is 35.3 cm³/mol. The van der Waals surface area contributed by atoms with E-state index in [4.69, 9.17) is 0 Å². The van der Waals surface area contributed by atoms with Gasteiger partial charge in [-0.05, 0) is 11.0 Å². The van der Waals surface area contributed by atoms with E-state index in [1.54, 1.807) is 11.0 Å². The zero-order valence-electron chi connectivity index (χ0n) is 3.14. The lowest BCUT2D eigenvalue weighted by Crippen LogP contribution is -1.95. The molecule has 0 aromatic heterocycles. The fourth-order valence-corrected chi connectivity index (χ4v) is 1.87. The van der Waals surface area contributed by atoms with E-state index in [1.165, 1.54) is 12.3 Å². The number of halogens is 1. The van der Waals surface area contributed by atoms with Gasteiger partial charge in [0, 0.05) is 12.3 Å². The van der Waals surface area contributed by atoms with Gasteiger partial charge >= 0.3 is 0 Å². The van der Waals surface area contributed by atoms with Crippen molar-refractivity contribution in [2.45, 2.75) is 0 Å². The third kappa shape index (κ3) is 2.18. The molecule has 1 rings (SSSR count). The van der Waals surface area contributed by atoms with Gasteiger partial charge < -0.3 is 0 Å². The Morgan fingerprint density at radius 2 is 2.33 bits per heavy atom. The van der Waals surface area contributed by atoms with Gasteiger partial charge in [-0.3, -0.25) is 4.72 Å². The molecule has 0 unspecified atom stereocenters. The van der Waals surface area contributed by atoms with Crippen LogP contribution in [0.4, 0.5) is 0 Å². The molecule has 1 aliphatic heterocycles. The third-order valence-electron chi connectivity index (χ3n) is 0.405. The molecule has 4 heteroatoms. The smallest absolute Gasteiger partial charge is 0.0184 e. The van der Waals surface area contributed by atoms with Crippen LogP contribution in [-0.2, 0) is 0 Å². The number of nitrogens with one attached hydrogen (secondary N) is 1. The van der Waals surface area contributed by atoms with Gasteiger partial charge in [0.2, 0.25) is 0 Å².